The molecule has 3 rings (SSSR count). The third kappa shape index (κ3) is 3.76. The molecule has 2 aromatic rings. The van der Waals surface area contributed by atoms with Gasteiger partial charge in [0.25, 0.3) is 0 Å². The summed E-state index contributed by atoms with van der Waals surface area (Å²) in [6.07, 6.45) is 5.61. The second-order valence-electron chi connectivity index (χ2n) is 6.30. The number of ether oxygens (including phenoxy) is 1. The number of hydrogen-bond acceptors (Lipinski definition) is 2. The molecule has 22 heavy (non-hydrogen) atoms. The Balaban J connectivity index is 1.82. The normalized spacial score (nSPS) is 15.5. The van der Waals surface area contributed by atoms with Crippen molar-refractivity contribution in [2.75, 3.05) is 7.11 Å². The van der Waals surface area contributed by atoms with Gasteiger partial charge in [-0.25, -0.2) is 0 Å². The Bertz CT molecular complexity index is 521. The molecule has 0 atom stereocenters. The highest BCUT2D eigenvalue weighted by Gasteiger charge is 2.34. The van der Waals surface area contributed by atoms with Crippen LogP contribution in [0.4, 0.5) is 0 Å². The number of nitrogens with one attached hydrogen (secondary N) is 1. The van der Waals surface area contributed by atoms with E-state index in [0.29, 0.717) is 6.04 Å². The minimum atomic E-state index is -0.326. The highest BCUT2D eigenvalue weighted by atomic mass is 16.5. The van der Waals surface area contributed by atoms with Crippen LogP contribution in [0.2, 0.25) is 0 Å². The predicted octanol–water partition coefficient (Wildman–Crippen LogP) is 3.96. The van der Waals surface area contributed by atoms with Crippen LogP contribution >= 0.6 is 0 Å². The van der Waals surface area contributed by atoms with Gasteiger partial charge < -0.3 is 4.74 Å². The Labute approximate surface area is 133 Å². The van der Waals surface area contributed by atoms with Gasteiger partial charge in [-0.3, -0.25) is 5.32 Å². The molecule has 0 amide bonds. The predicted molar refractivity (Wildman–Crippen MR) is 90.8 cm³/mol. The van der Waals surface area contributed by atoms with Gasteiger partial charge in [0.05, 0.1) is 0 Å². The van der Waals surface area contributed by atoms with Crippen molar-refractivity contribution in [3.8, 4) is 0 Å². The summed E-state index contributed by atoms with van der Waals surface area (Å²) in [4.78, 5) is 0. The highest BCUT2D eigenvalue weighted by Crippen LogP contribution is 2.26. The Hall–Kier alpha value is -1.64. The maximum Gasteiger partial charge on any atom is 0.127 e. The number of benzene rings is 2. The second-order valence-corrected chi connectivity index (χ2v) is 6.30. The molecule has 0 heterocycles. The van der Waals surface area contributed by atoms with Gasteiger partial charge in [0.2, 0.25) is 0 Å². The van der Waals surface area contributed by atoms with Crippen LogP contribution in [0.5, 0.6) is 0 Å². The first kappa shape index (κ1) is 15.3. The van der Waals surface area contributed by atoms with E-state index in [-0.39, 0.29) is 5.72 Å². The Morgan fingerprint density at radius 1 is 0.909 bits per heavy atom. The summed E-state index contributed by atoms with van der Waals surface area (Å²) in [5.41, 5.74) is 2.30. The minimum Gasteiger partial charge on any atom is -0.363 e. The van der Waals surface area contributed by atoms with Gasteiger partial charge in [0.1, 0.15) is 5.72 Å². The first-order valence-electron chi connectivity index (χ1n) is 8.20. The molecule has 0 spiro atoms. The molecule has 0 bridgehead atoms. The first-order valence-corrected chi connectivity index (χ1v) is 8.20. The summed E-state index contributed by atoms with van der Waals surface area (Å²) in [5, 5.41) is 3.79. The zero-order valence-electron chi connectivity index (χ0n) is 13.3. The SMILES string of the molecule is COC(Cc1ccccc1)(Cc1ccccc1)NC1CCC1. The van der Waals surface area contributed by atoms with E-state index in [4.69, 9.17) is 4.74 Å². The molecule has 2 heteroatoms. The maximum absolute atomic E-state index is 6.04. The quantitative estimate of drug-likeness (QED) is 0.781. The molecule has 0 aliphatic heterocycles. The zero-order valence-corrected chi connectivity index (χ0v) is 13.3. The molecule has 2 nitrogen and oxygen atoms in total. The van der Waals surface area contributed by atoms with Crippen LogP contribution < -0.4 is 5.32 Å². The Morgan fingerprint density at radius 3 is 1.77 bits per heavy atom. The van der Waals surface area contributed by atoms with Crippen molar-refractivity contribution in [2.45, 2.75) is 43.9 Å². The molecule has 0 unspecified atom stereocenters. The van der Waals surface area contributed by atoms with Crippen LogP contribution in [0.3, 0.4) is 0 Å². The molecular formula is C20H25NO. The van der Waals surface area contributed by atoms with Crippen LogP contribution in [0.15, 0.2) is 60.7 Å². The van der Waals surface area contributed by atoms with Gasteiger partial charge in [-0.15, -0.1) is 0 Å². The van der Waals surface area contributed by atoms with E-state index in [1.807, 2.05) is 7.11 Å². The van der Waals surface area contributed by atoms with Crippen molar-refractivity contribution in [1.29, 1.82) is 0 Å². The molecule has 0 aromatic heterocycles. The van der Waals surface area contributed by atoms with Gasteiger partial charge in [-0.1, -0.05) is 67.1 Å². The number of rotatable bonds is 7. The van der Waals surface area contributed by atoms with Gasteiger partial charge in [-0.05, 0) is 24.0 Å². The van der Waals surface area contributed by atoms with Gasteiger partial charge in [0.15, 0.2) is 0 Å². The fourth-order valence-corrected chi connectivity index (χ4v) is 3.14. The molecule has 0 saturated heterocycles. The molecule has 0 radical (unpaired) electrons. The topological polar surface area (TPSA) is 21.3 Å². The van der Waals surface area contributed by atoms with Crippen LogP contribution in [-0.4, -0.2) is 18.9 Å². The van der Waals surface area contributed by atoms with E-state index < -0.39 is 0 Å². The lowest BCUT2D eigenvalue weighted by atomic mass is 9.88. The molecule has 1 aliphatic carbocycles. The van der Waals surface area contributed by atoms with E-state index >= 15 is 0 Å². The summed E-state index contributed by atoms with van der Waals surface area (Å²) in [7, 11) is 1.83. The first-order chi connectivity index (χ1) is 10.8. The average molecular weight is 295 g/mol. The summed E-state index contributed by atoms with van der Waals surface area (Å²) in [5.74, 6) is 0. The molecule has 116 valence electrons. The van der Waals surface area contributed by atoms with Crippen molar-refractivity contribution in [3.63, 3.8) is 0 Å². The van der Waals surface area contributed by atoms with E-state index in [0.717, 1.165) is 12.8 Å². The summed E-state index contributed by atoms with van der Waals surface area (Å²) < 4.78 is 6.04. The molecular weight excluding hydrogens is 270 g/mol. The van der Waals surface area contributed by atoms with E-state index in [9.17, 15) is 0 Å². The fraction of sp³-hybridized carbons (Fsp3) is 0.400. The van der Waals surface area contributed by atoms with Crippen LogP contribution in [0.1, 0.15) is 30.4 Å². The molecule has 1 aliphatic rings. The minimum absolute atomic E-state index is 0.326. The largest absolute Gasteiger partial charge is 0.363 e. The van der Waals surface area contributed by atoms with E-state index in [1.54, 1.807) is 0 Å². The molecule has 1 saturated carbocycles. The average Bonchev–Trinajstić information content (AvgIpc) is 2.53. The van der Waals surface area contributed by atoms with Gasteiger partial charge in [0, 0.05) is 26.0 Å². The number of hydrogen-bond donors (Lipinski definition) is 1. The van der Waals surface area contributed by atoms with Crippen molar-refractivity contribution in [1.82, 2.24) is 5.32 Å². The maximum atomic E-state index is 6.04. The van der Waals surface area contributed by atoms with Gasteiger partial charge >= 0.3 is 0 Å². The van der Waals surface area contributed by atoms with E-state index in [2.05, 4.69) is 66.0 Å². The Kier molecular flexibility index (Phi) is 4.91. The number of methoxy groups -OCH3 is 1. The van der Waals surface area contributed by atoms with Crippen molar-refractivity contribution >= 4 is 0 Å². The summed E-state index contributed by atoms with van der Waals surface area (Å²) >= 11 is 0. The second kappa shape index (κ2) is 7.08. The van der Waals surface area contributed by atoms with E-state index in [1.165, 1.54) is 30.4 Å². The smallest absolute Gasteiger partial charge is 0.127 e. The lowest BCUT2D eigenvalue weighted by Crippen LogP contribution is -2.56. The monoisotopic (exact) mass is 295 g/mol. The zero-order chi connectivity index (χ0) is 15.3. The summed E-state index contributed by atoms with van der Waals surface area (Å²) in [6, 6.07) is 21.8. The van der Waals surface area contributed by atoms with Crippen LogP contribution in [0, 0.1) is 0 Å². The molecule has 1 N–H and O–H groups in total. The summed E-state index contributed by atoms with van der Waals surface area (Å²) in [6.45, 7) is 0. The van der Waals surface area contributed by atoms with Crippen LogP contribution in [0.25, 0.3) is 0 Å². The third-order valence-corrected chi connectivity index (χ3v) is 4.63. The molecule has 1 fully saturated rings. The standard InChI is InChI=1S/C20H25NO/c1-22-20(21-19-13-8-14-19,15-17-9-4-2-5-10-17)16-18-11-6-3-7-12-18/h2-7,9-12,19,21H,8,13-16H2,1H3. The molecule has 2 aromatic carbocycles. The van der Waals surface area contributed by atoms with Crippen molar-refractivity contribution in [2.24, 2.45) is 0 Å². The van der Waals surface area contributed by atoms with Gasteiger partial charge in [-0.2, -0.15) is 0 Å². The highest BCUT2D eigenvalue weighted by molar-refractivity contribution is 5.21. The lowest BCUT2D eigenvalue weighted by molar-refractivity contribution is -0.0546. The van der Waals surface area contributed by atoms with Crippen molar-refractivity contribution in [3.05, 3.63) is 71.8 Å². The van der Waals surface area contributed by atoms with Crippen LogP contribution in [-0.2, 0) is 17.6 Å². The fourth-order valence-electron chi connectivity index (χ4n) is 3.14. The van der Waals surface area contributed by atoms with Crippen molar-refractivity contribution < 1.29 is 4.74 Å². The lowest BCUT2D eigenvalue weighted by Gasteiger charge is -2.40. The Morgan fingerprint density at radius 2 is 1.41 bits per heavy atom. The third-order valence-electron chi connectivity index (χ3n) is 4.63.